The van der Waals surface area contributed by atoms with E-state index in [1.165, 1.54) is 23.5 Å². The van der Waals surface area contributed by atoms with E-state index in [1.807, 2.05) is 48.5 Å². The summed E-state index contributed by atoms with van der Waals surface area (Å²) in [4.78, 5) is 21.8. The predicted molar refractivity (Wildman–Crippen MR) is 124 cm³/mol. The Labute approximate surface area is 189 Å². The molecule has 1 unspecified atom stereocenters. The molecule has 8 heteroatoms. The average Bonchev–Trinajstić information content (AvgIpc) is 3.50. The first-order valence-corrected chi connectivity index (χ1v) is 11.4. The summed E-state index contributed by atoms with van der Waals surface area (Å²) < 4.78 is 19.9. The fraction of sp³-hybridized carbons (Fsp3) is 0.250. The maximum absolute atomic E-state index is 13.2. The van der Waals surface area contributed by atoms with E-state index in [0.717, 1.165) is 47.8 Å². The summed E-state index contributed by atoms with van der Waals surface area (Å²) in [7, 11) is 0. The van der Waals surface area contributed by atoms with Gasteiger partial charge in [0.25, 0.3) is 5.91 Å². The molecule has 0 saturated carbocycles. The molecular formula is C24H23FN4O2S. The number of nitrogens with zero attached hydrogens (tertiary/aromatic N) is 3. The Morgan fingerprint density at radius 2 is 1.84 bits per heavy atom. The number of hydrogen-bond acceptors (Lipinski definition) is 6. The second kappa shape index (κ2) is 9.10. The number of halogens is 1. The van der Waals surface area contributed by atoms with E-state index >= 15 is 0 Å². The van der Waals surface area contributed by atoms with Crippen LogP contribution in [0.1, 0.15) is 21.6 Å². The van der Waals surface area contributed by atoms with Crippen LogP contribution in [-0.4, -0.2) is 48.5 Å². The first-order valence-electron chi connectivity index (χ1n) is 10.6. The van der Waals surface area contributed by atoms with Crippen molar-refractivity contribution < 1.29 is 13.6 Å². The Morgan fingerprint density at radius 1 is 1.06 bits per heavy atom. The molecule has 5 rings (SSSR count). The zero-order chi connectivity index (χ0) is 21.9. The molecule has 6 nitrogen and oxygen atoms in total. The van der Waals surface area contributed by atoms with Crippen molar-refractivity contribution in [2.24, 2.45) is 0 Å². The van der Waals surface area contributed by atoms with E-state index in [1.54, 1.807) is 6.26 Å². The monoisotopic (exact) mass is 450 g/mol. The van der Waals surface area contributed by atoms with Crippen LogP contribution in [0.25, 0.3) is 10.2 Å². The number of para-hydroxylation sites is 1. The molecular weight excluding hydrogens is 427 g/mol. The quantitative estimate of drug-likeness (QED) is 0.474. The van der Waals surface area contributed by atoms with Crippen LogP contribution in [0.5, 0.6) is 0 Å². The van der Waals surface area contributed by atoms with Crippen LogP contribution >= 0.6 is 11.3 Å². The van der Waals surface area contributed by atoms with Gasteiger partial charge in [0.2, 0.25) is 0 Å². The van der Waals surface area contributed by atoms with Crippen LogP contribution in [0.2, 0.25) is 0 Å². The van der Waals surface area contributed by atoms with Crippen molar-refractivity contribution in [1.82, 2.24) is 15.2 Å². The molecule has 0 radical (unpaired) electrons. The van der Waals surface area contributed by atoms with Crippen molar-refractivity contribution in [3.8, 4) is 0 Å². The first kappa shape index (κ1) is 20.7. The van der Waals surface area contributed by atoms with Crippen LogP contribution < -0.4 is 10.2 Å². The highest BCUT2D eigenvalue weighted by Gasteiger charge is 2.28. The normalized spacial score (nSPS) is 15.7. The molecule has 1 aliphatic rings. The lowest BCUT2D eigenvalue weighted by molar-refractivity contribution is 0.0922. The molecule has 2 aromatic carbocycles. The standard InChI is InChI=1S/C24H23FN4O2S/c25-17-7-9-18(10-8-17)28-11-13-29(14-12-28)20(21-5-3-15-31-21)16-26-23(30)24-27-19-4-1-2-6-22(19)32-24/h1-10,15,20H,11-14,16H2,(H,26,30). The van der Waals surface area contributed by atoms with Crippen molar-refractivity contribution >= 4 is 33.1 Å². The third kappa shape index (κ3) is 4.37. The summed E-state index contributed by atoms with van der Waals surface area (Å²) in [6, 6.07) is 18.1. The molecule has 1 saturated heterocycles. The van der Waals surface area contributed by atoms with Gasteiger partial charge in [0, 0.05) is 38.4 Å². The van der Waals surface area contributed by atoms with Crippen molar-refractivity contribution in [3.63, 3.8) is 0 Å². The molecule has 1 amide bonds. The number of thiazole rings is 1. The van der Waals surface area contributed by atoms with Crippen molar-refractivity contribution in [2.75, 3.05) is 37.6 Å². The van der Waals surface area contributed by atoms with Gasteiger partial charge >= 0.3 is 0 Å². The summed E-state index contributed by atoms with van der Waals surface area (Å²) in [6.45, 7) is 3.67. The molecule has 1 N–H and O–H groups in total. The molecule has 164 valence electrons. The molecule has 0 spiro atoms. The smallest absolute Gasteiger partial charge is 0.280 e. The molecule has 3 heterocycles. The topological polar surface area (TPSA) is 61.6 Å². The maximum atomic E-state index is 13.2. The van der Waals surface area contributed by atoms with Gasteiger partial charge in [-0.15, -0.1) is 11.3 Å². The summed E-state index contributed by atoms with van der Waals surface area (Å²) in [5.74, 6) is 0.423. The number of benzene rings is 2. The number of fused-ring (bicyclic) bond motifs is 1. The molecule has 4 aromatic rings. The lowest BCUT2D eigenvalue weighted by Gasteiger charge is -2.39. The number of rotatable bonds is 6. The van der Waals surface area contributed by atoms with Gasteiger partial charge in [-0.3, -0.25) is 9.69 Å². The number of carbonyl (C=O) groups excluding carboxylic acids is 1. The molecule has 0 bridgehead atoms. The fourth-order valence-electron chi connectivity index (χ4n) is 4.07. The van der Waals surface area contributed by atoms with Gasteiger partial charge in [-0.2, -0.15) is 0 Å². The van der Waals surface area contributed by atoms with Gasteiger partial charge in [0.15, 0.2) is 5.01 Å². The summed E-state index contributed by atoms with van der Waals surface area (Å²) in [6.07, 6.45) is 1.66. The van der Waals surface area contributed by atoms with Crippen molar-refractivity contribution in [2.45, 2.75) is 6.04 Å². The average molecular weight is 451 g/mol. The Bertz CT molecular complexity index is 1150. The third-order valence-electron chi connectivity index (χ3n) is 5.76. The molecule has 1 aliphatic heterocycles. The number of amides is 1. The molecule has 2 aromatic heterocycles. The summed E-state index contributed by atoms with van der Waals surface area (Å²) in [5, 5.41) is 3.51. The number of anilines is 1. The number of hydrogen-bond donors (Lipinski definition) is 1. The second-order valence-electron chi connectivity index (χ2n) is 7.73. The highest BCUT2D eigenvalue weighted by Crippen LogP contribution is 2.25. The summed E-state index contributed by atoms with van der Waals surface area (Å²) >= 11 is 1.40. The lowest BCUT2D eigenvalue weighted by atomic mass is 10.1. The predicted octanol–water partition coefficient (Wildman–Crippen LogP) is 4.32. The minimum Gasteiger partial charge on any atom is -0.468 e. The zero-order valence-corrected chi connectivity index (χ0v) is 18.2. The molecule has 1 atom stereocenters. The molecule has 0 aliphatic carbocycles. The number of carbonyl (C=O) groups is 1. The molecule has 1 fully saturated rings. The Kier molecular flexibility index (Phi) is 5.87. The van der Waals surface area contributed by atoms with E-state index in [0.29, 0.717) is 11.6 Å². The van der Waals surface area contributed by atoms with Crippen LogP contribution in [0.15, 0.2) is 71.3 Å². The fourth-order valence-corrected chi connectivity index (χ4v) is 4.95. The Hall–Kier alpha value is -3.23. The SMILES string of the molecule is O=C(NCC(c1ccco1)N1CCN(c2ccc(F)cc2)CC1)c1nc2ccccc2s1. The lowest BCUT2D eigenvalue weighted by Crippen LogP contribution is -2.49. The third-order valence-corrected chi connectivity index (χ3v) is 6.80. The van der Waals surface area contributed by atoms with Gasteiger partial charge in [-0.25, -0.2) is 9.37 Å². The van der Waals surface area contributed by atoms with Crippen molar-refractivity contribution in [3.05, 3.63) is 83.5 Å². The van der Waals surface area contributed by atoms with E-state index in [2.05, 4.69) is 20.1 Å². The van der Waals surface area contributed by atoms with Gasteiger partial charge in [0.1, 0.15) is 11.6 Å². The van der Waals surface area contributed by atoms with E-state index in [-0.39, 0.29) is 17.8 Å². The minimum absolute atomic E-state index is 0.0707. The number of nitrogens with one attached hydrogen (secondary N) is 1. The van der Waals surface area contributed by atoms with Crippen molar-refractivity contribution in [1.29, 1.82) is 0 Å². The number of piperazine rings is 1. The highest BCUT2D eigenvalue weighted by atomic mass is 32.1. The van der Waals surface area contributed by atoms with Gasteiger partial charge in [-0.1, -0.05) is 12.1 Å². The van der Waals surface area contributed by atoms with Gasteiger partial charge in [-0.05, 0) is 48.5 Å². The van der Waals surface area contributed by atoms with E-state index < -0.39 is 0 Å². The largest absolute Gasteiger partial charge is 0.468 e. The van der Waals surface area contributed by atoms with E-state index in [9.17, 15) is 9.18 Å². The number of aromatic nitrogens is 1. The Balaban J connectivity index is 1.25. The minimum atomic E-state index is -0.228. The van der Waals surface area contributed by atoms with E-state index in [4.69, 9.17) is 4.42 Å². The molecule has 32 heavy (non-hydrogen) atoms. The van der Waals surface area contributed by atoms with Crippen LogP contribution in [0.4, 0.5) is 10.1 Å². The zero-order valence-electron chi connectivity index (χ0n) is 17.4. The maximum Gasteiger partial charge on any atom is 0.280 e. The van der Waals surface area contributed by atoms with Crippen LogP contribution in [0, 0.1) is 5.82 Å². The van der Waals surface area contributed by atoms with Crippen LogP contribution in [0.3, 0.4) is 0 Å². The second-order valence-corrected chi connectivity index (χ2v) is 8.76. The van der Waals surface area contributed by atoms with Gasteiger partial charge < -0.3 is 14.6 Å². The number of furan rings is 1. The Morgan fingerprint density at radius 3 is 2.56 bits per heavy atom. The van der Waals surface area contributed by atoms with Gasteiger partial charge in [0.05, 0.1) is 22.5 Å². The van der Waals surface area contributed by atoms with Crippen LogP contribution in [-0.2, 0) is 0 Å². The first-order chi connectivity index (χ1) is 15.7. The highest BCUT2D eigenvalue weighted by molar-refractivity contribution is 7.20. The summed E-state index contributed by atoms with van der Waals surface area (Å²) in [5.41, 5.74) is 1.85.